The zero-order valence-electron chi connectivity index (χ0n) is 19.6. The number of ether oxygens (including phenoxy) is 3. The summed E-state index contributed by atoms with van der Waals surface area (Å²) in [5.41, 5.74) is -0.403. The van der Waals surface area contributed by atoms with Crippen molar-refractivity contribution in [1.82, 2.24) is 4.90 Å². The molecule has 1 aromatic rings. The second-order valence-electron chi connectivity index (χ2n) is 7.19. The van der Waals surface area contributed by atoms with E-state index in [0.29, 0.717) is 0 Å². The number of aliphatic hydroxyl groups excluding tert-OH is 1. The maximum atomic E-state index is 13.3. The van der Waals surface area contributed by atoms with Gasteiger partial charge in [-0.25, -0.2) is 9.59 Å². The van der Waals surface area contributed by atoms with Gasteiger partial charge >= 0.3 is 11.9 Å². The summed E-state index contributed by atoms with van der Waals surface area (Å²) in [5, 5.41) is 31.7. The quantitative estimate of drug-likeness (QED) is 0.199. The largest absolute Gasteiger partial charge is 0.478 e. The van der Waals surface area contributed by atoms with Crippen LogP contribution in [0.25, 0.3) is 0 Å². The highest BCUT2D eigenvalue weighted by Crippen LogP contribution is 2.46. The van der Waals surface area contributed by atoms with Crippen LogP contribution in [0.4, 0.5) is 5.69 Å². The Balaban J connectivity index is 3.03. The van der Waals surface area contributed by atoms with Crippen LogP contribution in [0.15, 0.2) is 46.8 Å². The van der Waals surface area contributed by atoms with E-state index in [1.165, 1.54) is 36.1 Å². The van der Waals surface area contributed by atoms with Gasteiger partial charge in [-0.15, -0.1) is 0 Å². The third-order valence-electron chi connectivity index (χ3n) is 5.29. The van der Waals surface area contributed by atoms with Gasteiger partial charge in [0.05, 0.1) is 40.9 Å². The van der Waals surface area contributed by atoms with Crippen LogP contribution in [0, 0.1) is 10.1 Å². The number of hydrogen-bond donors (Lipinski definition) is 2. The highest BCUT2D eigenvalue weighted by atomic mass is 16.7. The fraction of sp³-hybridized carbons (Fsp3) is 0.478. The number of nitro groups is 1. The molecule has 0 bridgehead atoms. The van der Waals surface area contributed by atoms with E-state index in [0.717, 1.165) is 0 Å². The third-order valence-corrected chi connectivity index (χ3v) is 5.29. The van der Waals surface area contributed by atoms with Gasteiger partial charge in [-0.3, -0.25) is 10.1 Å². The first kappa shape index (κ1) is 27.0. The summed E-state index contributed by atoms with van der Waals surface area (Å²) in [5.74, 6) is -3.57. The molecule has 2 N–H and O–H groups in total. The Morgan fingerprint density at radius 3 is 2.24 bits per heavy atom. The summed E-state index contributed by atoms with van der Waals surface area (Å²) in [6.45, 7) is 6.49. The van der Waals surface area contributed by atoms with Crippen LogP contribution < -0.4 is 0 Å². The third kappa shape index (κ3) is 5.44. The second kappa shape index (κ2) is 12.3. The van der Waals surface area contributed by atoms with Crippen LogP contribution in [0.5, 0.6) is 0 Å². The minimum Gasteiger partial charge on any atom is -0.478 e. The fourth-order valence-electron chi connectivity index (χ4n) is 4.04. The van der Waals surface area contributed by atoms with Crippen LogP contribution in [-0.4, -0.2) is 71.2 Å². The Morgan fingerprint density at radius 2 is 1.74 bits per heavy atom. The summed E-state index contributed by atoms with van der Waals surface area (Å²) in [6.07, 6.45) is -1.11. The van der Waals surface area contributed by atoms with Crippen molar-refractivity contribution in [1.29, 1.82) is 0 Å². The zero-order valence-corrected chi connectivity index (χ0v) is 19.6. The van der Waals surface area contributed by atoms with E-state index in [1.54, 1.807) is 20.8 Å². The Hall–Kier alpha value is -3.28. The summed E-state index contributed by atoms with van der Waals surface area (Å²) in [4.78, 5) is 38.5. The number of carboxylic acids is 1. The predicted molar refractivity (Wildman–Crippen MR) is 121 cm³/mol. The van der Waals surface area contributed by atoms with Crippen molar-refractivity contribution in [2.45, 2.75) is 39.9 Å². The number of hydrogen-bond acceptors (Lipinski definition) is 9. The lowest BCUT2D eigenvalue weighted by atomic mass is 9.78. The molecule has 0 saturated heterocycles. The molecule has 0 spiro atoms. The molecule has 186 valence electrons. The SMILES string of the molecule is CCOC(=O)C1=C(C(OCC)OCC)N(CCO)C(C)=C(C(=O)O)C1c1ccccc1[N+](=O)[O-]. The number of aliphatic carboxylic acids is 1. The minimum atomic E-state index is -1.37. The molecule has 0 radical (unpaired) electrons. The van der Waals surface area contributed by atoms with Gasteiger partial charge in [-0.2, -0.15) is 0 Å². The number of carbonyl (C=O) groups excluding carboxylic acids is 1. The van der Waals surface area contributed by atoms with E-state index in [-0.39, 0.29) is 66.8 Å². The molecule has 0 aliphatic carbocycles. The van der Waals surface area contributed by atoms with E-state index in [4.69, 9.17) is 14.2 Å². The molecule has 1 unspecified atom stereocenters. The number of nitrogens with zero attached hydrogens (tertiary/aromatic N) is 2. The lowest BCUT2D eigenvalue weighted by Gasteiger charge is -2.40. The van der Waals surface area contributed by atoms with Gasteiger partial charge in [0.2, 0.25) is 0 Å². The molecule has 2 rings (SSSR count). The van der Waals surface area contributed by atoms with Crippen LogP contribution >= 0.6 is 0 Å². The van der Waals surface area contributed by atoms with Gasteiger partial charge in [0, 0.05) is 37.1 Å². The van der Waals surface area contributed by atoms with Crippen molar-refractivity contribution in [3.8, 4) is 0 Å². The van der Waals surface area contributed by atoms with Crippen molar-refractivity contribution < 1.29 is 38.9 Å². The van der Waals surface area contributed by atoms with Gasteiger partial charge in [0.1, 0.15) is 0 Å². The normalized spacial score (nSPS) is 16.3. The lowest BCUT2D eigenvalue weighted by Crippen LogP contribution is -2.42. The number of β-amino-alcohol motifs (C(OH)–C–C–N with tert-alkyl or cyclic N) is 1. The highest BCUT2D eigenvalue weighted by Gasteiger charge is 2.45. The van der Waals surface area contributed by atoms with Crippen LogP contribution in [0.1, 0.15) is 39.2 Å². The maximum Gasteiger partial charge on any atom is 0.336 e. The summed E-state index contributed by atoms with van der Waals surface area (Å²) in [7, 11) is 0. The molecule has 0 aromatic heterocycles. The molecule has 11 heteroatoms. The molecule has 0 amide bonds. The highest BCUT2D eigenvalue weighted by molar-refractivity contribution is 5.99. The molecular weight excluding hydrogens is 448 g/mol. The summed E-state index contributed by atoms with van der Waals surface area (Å²) >= 11 is 0. The minimum absolute atomic E-state index is 0.0141. The fourth-order valence-corrected chi connectivity index (χ4v) is 4.04. The van der Waals surface area contributed by atoms with Gasteiger partial charge in [0.15, 0.2) is 6.29 Å². The van der Waals surface area contributed by atoms with Crippen molar-refractivity contribution >= 4 is 17.6 Å². The molecular formula is C23H30N2O9. The van der Waals surface area contributed by atoms with E-state index in [1.807, 2.05) is 0 Å². The number of carbonyl (C=O) groups is 2. The molecule has 1 aliphatic rings. The van der Waals surface area contributed by atoms with Crippen molar-refractivity contribution in [3.05, 3.63) is 62.5 Å². The van der Waals surface area contributed by atoms with Crippen molar-refractivity contribution in [2.24, 2.45) is 0 Å². The monoisotopic (exact) mass is 478 g/mol. The number of allylic oxidation sites excluding steroid dienone is 1. The number of esters is 1. The topological polar surface area (TPSA) is 149 Å². The number of aliphatic hydroxyl groups is 1. The van der Waals surface area contributed by atoms with Gasteiger partial charge in [-0.1, -0.05) is 18.2 Å². The maximum absolute atomic E-state index is 13.3. The molecule has 1 aliphatic heterocycles. The first-order valence-corrected chi connectivity index (χ1v) is 10.9. The van der Waals surface area contributed by atoms with Crippen molar-refractivity contribution in [3.63, 3.8) is 0 Å². The number of para-hydroxylation sites is 1. The number of benzene rings is 1. The first-order chi connectivity index (χ1) is 16.2. The van der Waals surface area contributed by atoms with Crippen LogP contribution in [0.3, 0.4) is 0 Å². The summed E-state index contributed by atoms with van der Waals surface area (Å²) in [6, 6.07) is 5.64. The second-order valence-corrected chi connectivity index (χ2v) is 7.19. The molecule has 0 fully saturated rings. The van der Waals surface area contributed by atoms with Gasteiger partial charge in [0.25, 0.3) is 5.69 Å². The molecule has 1 atom stereocenters. The Morgan fingerprint density at radius 1 is 1.12 bits per heavy atom. The number of nitro benzene ring substituents is 1. The van der Waals surface area contributed by atoms with Crippen LogP contribution in [-0.2, 0) is 23.8 Å². The Labute approximate surface area is 197 Å². The average Bonchev–Trinajstić information content (AvgIpc) is 2.79. The van der Waals surface area contributed by atoms with E-state index in [9.17, 15) is 29.9 Å². The number of rotatable bonds is 12. The average molecular weight is 478 g/mol. The molecule has 34 heavy (non-hydrogen) atoms. The standard InChI is InChI=1S/C23H30N2O9/c1-5-32-22(29)19-18(15-10-8-9-11-16(15)25(30)31)17(21(27)28)14(4)24(12-13-26)20(19)23(33-6-2)34-7-3/h8-11,18,23,26H,5-7,12-13H2,1-4H3,(H,27,28). The van der Waals surface area contributed by atoms with E-state index < -0.39 is 29.1 Å². The molecule has 1 heterocycles. The lowest BCUT2D eigenvalue weighted by molar-refractivity contribution is -0.385. The number of carboxylic acid groups (broad SMARTS) is 1. The first-order valence-electron chi connectivity index (χ1n) is 10.9. The predicted octanol–water partition coefficient (Wildman–Crippen LogP) is 2.56. The van der Waals surface area contributed by atoms with Crippen LogP contribution in [0.2, 0.25) is 0 Å². The Kier molecular flexibility index (Phi) is 9.72. The van der Waals surface area contributed by atoms with E-state index in [2.05, 4.69) is 0 Å². The Bertz CT molecular complexity index is 980. The van der Waals surface area contributed by atoms with Crippen molar-refractivity contribution in [2.75, 3.05) is 33.0 Å². The van der Waals surface area contributed by atoms with E-state index >= 15 is 0 Å². The smallest absolute Gasteiger partial charge is 0.336 e. The summed E-state index contributed by atoms with van der Waals surface area (Å²) < 4.78 is 16.8. The van der Waals surface area contributed by atoms with Gasteiger partial charge in [-0.05, 0) is 27.7 Å². The van der Waals surface area contributed by atoms with Gasteiger partial charge < -0.3 is 29.3 Å². The molecule has 11 nitrogen and oxygen atoms in total. The molecule has 0 saturated carbocycles. The zero-order chi connectivity index (χ0) is 25.4. The molecule has 1 aromatic carbocycles.